The molecule has 2 N–H and O–H groups in total. The van der Waals surface area contributed by atoms with Crippen LogP contribution in [0.5, 0.6) is 0 Å². The van der Waals surface area contributed by atoms with Crippen molar-refractivity contribution in [3.05, 3.63) is 52.5 Å². The van der Waals surface area contributed by atoms with Gasteiger partial charge in [0.05, 0.1) is 28.6 Å². The van der Waals surface area contributed by atoms with E-state index in [1.165, 1.54) is 0 Å². The van der Waals surface area contributed by atoms with E-state index in [1.54, 1.807) is 18.2 Å². The lowest BCUT2D eigenvalue weighted by atomic mass is 9.99. The Morgan fingerprint density at radius 3 is 2.75 bits per heavy atom. The van der Waals surface area contributed by atoms with E-state index in [4.69, 9.17) is 23.2 Å². The molecular formula is C18H19Cl2N3O. The van der Waals surface area contributed by atoms with Crippen LogP contribution in [0.3, 0.4) is 0 Å². The monoisotopic (exact) mass is 363 g/mol. The van der Waals surface area contributed by atoms with Crippen molar-refractivity contribution in [1.82, 2.24) is 0 Å². The highest BCUT2D eigenvalue weighted by atomic mass is 35.5. The molecule has 0 spiro atoms. The lowest BCUT2D eigenvalue weighted by molar-refractivity contribution is -0.115. The summed E-state index contributed by atoms with van der Waals surface area (Å²) in [6.07, 6.45) is 0. The predicted octanol–water partition coefficient (Wildman–Crippen LogP) is 4.64. The van der Waals surface area contributed by atoms with Gasteiger partial charge >= 0.3 is 0 Å². The molecule has 0 fully saturated rings. The predicted molar refractivity (Wildman–Crippen MR) is 101 cm³/mol. The van der Waals surface area contributed by atoms with Gasteiger partial charge in [-0.2, -0.15) is 0 Å². The molecule has 0 saturated heterocycles. The number of para-hydroxylation sites is 2. The fraction of sp³-hybridized carbons (Fsp3) is 0.278. The van der Waals surface area contributed by atoms with Crippen LogP contribution in [0.1, 0.15) is 13.8 Å². The minimum atomic E-state index is -0.119. The second-order valence-corrected chi connectivity index (χ2v) is 7.40. The van der Waals surface area contributed by atoms with E-state index in [0.29, 0.717) is 15.7 Å². The third-order valence-electron chi connectivity index (χ3n) is 3.84. The van der Waals surface area contributed by atoms with Gasteiger partial charge < -0.3 is 15.5 Å². The van der Waals surface area contributed by atoms with Crippen LogP contribution in [0, 0.1) is 0 Å². The van der Waals surface area contributed by atoms with Crippen molar-refractivity contribution in [2.45, 2.75) is 19.4 Å². The van der Waals surface area contributed by atoms with Gasteiger partial charge in [-0.3, -0.25) is 4.79 Å². The van der Waals surface area contributed by atoms with Crippen LogP contribution in [-0.2, 0) is 4.79 Å². The number of hydrogen-bond acceptors (Lipinski definition) is 3. The Labute approximate surface area is 151 Å². The third-order valence-corrected chi connectivity index (χ3v) is 4.39. The first-order valence-electron chi connectivity index (χ1n) is 7.71. The number of carbonyl (C=O) groups excluding carboxylic acids is 1. The Bertz CT molecular complexity index is 777. The highest BCUT2D eigenvalue weighted by molar-refractivity contribution is 6.36. The number of fused-ring (bicyclic) bond motifs is 1. The molecule has 0 unspecified atom stereocenters. The van der Waals surface area contributed by atoms with Gasteiger partial charge in [-0.25, -0.2) is 0 Å². The summed E-state index contributed by atoms with van der Waals surface area (Å²) in [6.45, 7) is 5.21. The van der Waals surface area contributed by atoms with Crippen LogP contribution in [0.4, 0.5) is 17.1 Å². The zero-order valence-corrected chi connectivity index (χ0v) is 15.1. The van der Waals surface area contributed by atoms with Crippen molar-refractivity contribution in [3.8, 4) is 0 Å². The largest absolute Gasteiger partial charge is 0.377 e. The molecule has 3 rings (SSSR count). The number of halogens is 2. The van der Waals surface area contributed by atoms with E-state index in [1.807, 2.05) is 24.3 Å². The fourth-order valence-corrected chi connectivity index (χ4v) is 3.37. The molecule has 1 aliphatic heterocycles. The summed E-state index contributed by atoms with van der Waals surface area (Å²) >= 11 is 12.0. The van der Waals surface area contributed by atoms with Crippen molar-refractivity contribution < 1.29 is 4.79 Å². The minimum absolute atomic E-state index is 0.119. The van der Waals surface area contributed by atoms with Crippen LogP contribution in [-0.4, -0.2) is 24.5 Å². The van der Waals surface area contributed by atoms with Crippen molar-refractivity contribution in [2.75, 3.05) is 28.6 Å². The number of nitrogens with one attached hydrogen (secondary N) is 2. The van der Waals surface area contributed by atoms with Crippen LogP contribution in [0.2, 0.25) is 10.0 Å². The van der Waals surface area contributed by atoms with Gasteiger partial charge in [0.15, 0.2) is 0 Å². The number of amides is 1. The summed E-state index contributed by atoms with van der Waals surface area (Å²) in [4.78, 5) is 14.5. The second kappa shape index (κ2) is 6.54. The van der Waals surface area contributed by atoms with E-state index >= 15 is 0 Å². The average molecular weight is 364 g/mol. The molecular weight excluding hydrogens is 345 g/mol. The molecule has 0 aromatic heterocycles. The maximum absolute atomic E-state index is 12.5. The first kappa shape index (κ1) is 16.9. The average Bonchev–Trinajstić information content (AvgIpc) is 2.49. The molecule has 1 amide bonds. The quantitative estimate of drug-likeness (QED) is 0.834. The lowest BCUT2D eigenvalue weighted by Gasteiger charge is -2.41. The Kier molecular flexibility index (Phi) is 4.61. The van der Waals surface area contributed by atoms with E-state index in [0.717, 1.165) is 17.9 Å². The smallest absolute Gasteiger partial charge is 0.243 e. The number of nitrogens with zero attached hydrogens (tertiary/aromatic N) is 1. The van der Waals surface area contributed by atoms with Crippen LogP contribution >= 0.6 is 23.2 Å². The summed E-state index contributed by atoms with van der Waals surface area (Å²) in [5.74, 6) is -0.119. The van der Waals surface area contributed by atoms with E-state index < -0.39 is 0 Å². The molecule has 0 radical (unpaired) electrons. The van der Waals surface area contributed by atoms with Crippen molar-refractivity contribution >= 4 is 46.2 Å². The molecule has 0 aliphatic carbocycles. The highest BCUT2D eigenvalue weighted by Crippen LogP contribution is 2.34. The Morgan fingerprint density at radius 2 is 2.00 bits per heavy atom. The molecule has 0 bridgehead atoms. The van der Waals surface area contributed by atoms with E-state index in [-0.39, 0.29) is 18.0 Å². The normalized spacial score (nSPS) is 15.4. The van der Waals surface area contributed by atoms with Crippen LogP contribution < -0.4 is 15.5 Å². The van der Waals surface area contributed by atoms with Gasteiger partial charge in [0.1, 0.15) is 0 Å². The molecule has 1 heterocycles. The molecule has 126 valence electrons. The summed E-state index contributed by atoms with van der Waals surface area (Å²) in [7, 11) is 0. The summed E-state index contributed by atoms with van der Waals surface area (Å²) in [5.41, 5.74) is 2.50. The highest BCUT2D eigenvalue weighted by Gasteiger charge is 2.30. The van der Waals surface area contributed by atoms with Gasteiger partial charge in [-0.1, -0.05) is 35.3 Å². The Morgan fingerprint density at radius 1 is 1.25 bits per heavy atom. The van der Waals surface area contributed by atoms with E-state index in [2.05, 4.69) is 29.4 Å². The molecule has 24 heavy (non-hydrogen) atoms. The number of anilines is 3. The summed E-state index contributed by atoms with van der Waals surface area (Å²) in [6, 6.07) is 13.0. The van der Waals surface area contributed by atoms with Crippen LogP contribution in [0.25, 0.3) is 0 Å². The van der Waals surface area contributed by atoms with Gasteiger partial charge in [0.2, 0.25) is 5.91 Å². The van der Waals surface area contributed by atoms with E-state index in [9.17, 15) is 4.79 Å². The van der Waals surface area contributed by atoms with Gasteiger partial charge in [0, 0.05) is 17.1 Å². The minimum Gasteiger partial charge on any atom is -0.377 e. The van der Waals surface area contributed by atoms with Crippen molar-refractivity contribution in [2.24, 2.45) is 0 Å². The summed E-state index contributed by atoms with van der Waals surface area (Å²) < 4.78 is 0. The first-order chi connectivity index (χ1) is 11.3. The maximum Gasteiger partial charge on any atom is 0.243 e. The molecule has 2 aromatic rings. The number of hydrogen-bond donors (Lipinski definition) is 2. The third kappa shape index (κ3) is 3.77. The Hall–Kier alpha value is -1.91. The van der Waals surface area contributed by atoms with Gasteiger partial charge in [-0.15, -0.1) is 0 Å². The van der Waals surface area contributed by atoms with Gasteiger partial charge in [0.25, 0.3) is 0 Å². The molecule has 6 heteroatoms. The molecule has 4 nitrogen and oxygen atoms in total. The molecule has 2 aromatic carbocycles. The van der Waals surface area contributed by atoms with Gasteiger partial charge in [-0.05, 0) is 44.2 Å². The molecule has 0 atom stereocenters. The topological polar surface area (TPSA) is 44.4 Å². The Balaban J connectivity index is 1.76. The number of rotatable bonds is 3. The number of benzene rings is 2. The molecule has 1 aliphatic rings. The van der Waals surface area contributed by atoms with Crippen molar-refractivity contribution in [3.63, 3.8) is 0 Å². The maximum atomic E-state index is 12.5. The standard InChI is InChI=1S/C18H19Cl2N3O/c1-18(2)11-23(16-6-4-3-5-15(16)22-18)10-17(24)21-14-8-7-12(19)9-13(14)20/h3-9,22H,10-11H2,1-2H3,(H,21,24). The first-order valence-corrected chi connectivity index (χ1v) is 8.47. The second-order valence-electron chi connectivity index (χ2n) is 6.55. The summed E-state index contributed by atoms with van der Waals surface area (Å²) in [5, 5.41) is 7.31. The zero-order valence-electron chi connectivity index (χ0n) is 13.6. The van der Waals surface area contributed by atoms with Crippen LogP contribution in [0.15, 0.2) is 42.5 Å². The van der Waals surface area contributed by atoms with Crippen molar-refractivity contribution in [1.29, 1.82) is 0 Å². The SMILES string of the molecule is CC1(C)CN(CC(=O)Nc2ccc(Cl)cc2Cl)c2ccccc2N1. The molecule has 0 saturated carbocycles. The lowest BCUT2D eigenvalue weighted by Crippen LogP contribution is -2.50. The zero-order chi connectivity index (χ0) is 17.3. The fourth-order valence-electron chi connectivity index (χ4n) is 2.92. The number of carbonyl (C=O) groups is 1.